The van der Waals surface area contributed by atoms with E-state index in [0.717, 1.165) is 41.3 Å². The molecule has 0 aromatic carbocycles. The van der Waals surface area contributed by atoms with Gasteiger partial charge in [-0.3, -0.25) is 0 Å². The summed E-state index contributed by atoms with van der Waals surface area (Å²) < 4.78 is 0. The summed E-state index contributed by atoms with van der Waals surface area (Å²) in [4.78, 5) is 9.20. The van der Waals surface area contributed by atoms with Gasteiger partial charge >= 0.3 is 0 Å². The molecule has 1 aliphatic rings. The van der Waals surface area contributed by atoms with Crippen LogP contribution in [0, 0.1) is 18.8 Å². The zero-order valence-corrected chi connectivity index (χ0v) is 13.5. The molecule has 1 fully saturated rings. The fourth-order valence-electron chi connectivity index (χ4n) is 2.98. The van der Waals surface area contributed by atoms with E-state index in [4.69, 9.17) is 0 Å². The standard InChI is InChI=1S/C16H28N4/c1-6-14-19-15(17-5)12(4)16(20-14)18-13-8-7-10(2)11(3)9-13/h10-11,13H,6-9H2,1-5H3,(H2,17,18,19,20). The van der Waals surface area contributed by atoms with Gasteiger partial charge in [-0.15, -0.1) is 0 Å². The average Bonchev–Trinajstić information content (AvgIpc) is 2.45. The van der Waals surface area contributed by atoms with Gasteiger partial charge in [0.05, 0.1) is 0 Å². The first-order chi connectivity index (χ1) is 9.55. The van der Waals surface area contributed by atoms with Crippen molar-refractivity contribution in [3.63, 3.8) is 0 Å². The number of anilines is 2. The third kappa shape index (κ3) is 3.22. The smallest absolute Gasteiger partial charge is 0.134 e. The van der Waals surface area contributed by atoms with Crippen LogP contribution in [0.4, 0.5) is 11.6 Å². The third-order valence-corrected chi connectivity index (χ3v) is 4.68. The zero-order valence-electron chi connectivity index (χ0n) is 13.5. The van der Waals surface area contributed by atoms with Crippen LogP contribution in [0.5, 0.6) is 0 Å². The molecule has 1 aliphatic carbocycles. The Balaban J connectivity index is 2.16. The molecular formula is C16H28N4. The van der Waals surface area contributed by atoms with Crippen LogP contribution in [0.2, 0.25) is 0 Å². The van der Waals surface area contributed by atoms with Gasteiger partial charge in [-0.25, -0.2) is 9.97 Å². The quantitative estimate of drug-likeness (QED) is 0.881. The van der Waals surface area contributed by atoms with Crippen molar-refractivity contribution in [2.45, 2.75) is 59.4 Å². The van der Waals surface area contributed by atoms with Gasteiger partial charge in [0.2, 0.25) is 0 Å². The molecule has 1 aromatic rings. The lowest BCUT2D eigenvalue weighted by Crippen LogP contribution is -2.31. The molecule has 3 unspecified atom stereocenters. The molecule has 0 amide bonds. The summed E-state index contributed by atoms with van der Waals surface area (Å²) in [5.74, 6) is 4.49. The SMILES string of the molecule is CCc1nc(NC)c(C)c(NC2CCC(C)C(C)C2)n1. The minimum Gasteiger partial charge on any atom is -0.373 e. The molecule has 0 bridgehead atoms. The molecule has 3 atom stereocenters. The van der Waals surface area contributed by atoms with E-state index in [2.05, 4.69) is 48.3 Å². The molecule has 0 spiro atoms. The van der Waals surface area contributed by atoms with E-state index in [1.54, 1.807) is 0 Å². The monoisotopic (exact) mass is 276 g/mol. The van der Waals surface area contributed by atoms with Crippen molar-refractivity contribution in [2.24, 2.45) is 11.8 Å². The van der Waals surface area contributed by atoms with Crippen LogP contribution in [0.25, 0.3) is 0 Å². The van der Waals surface area contributed by atoms with Gasteiger partial charge in [-0.1, -0.05) is 20.8 Å². The van der Waals surface area contributed by atoms with Crippen molar-refractivity contribution >= 4 is 11.6 Å². The second-order valence-corrected chi connectivity index (χ2v) is 6.17. The van der Waals surface area contributed by atoms with E-state index in [1.165, 1.54) is 19.3 Å². The summed E-state index contributed by atoms with van der Waals surface area (Å²) in [5, 5.41) is 6.83. The fourth-order valence-corrected chi connectivity index (χ4v) is 2.98. The second kappa shape index (κ2) is 6.42. The number of aryl methyl sites for hydroxylation is 1. The number of hydrogen-bond donors (Lipinski definition) is 2. The maximum Gasteiger partial charge on any atom is 0.134 e. The van der Waals surface area contributed by atoms with Crippen LogP contribution in [0.1, 0.15) is 51.4 Å². The molecule has 1 saturated carbocycles. The number of nitrogens with one attached hydrogen (secondary N) is 2. The van der Waals surface area contributed by atoms with E-state index < -0.39 is 0 Å². The second-order valence-electron chi connectivity index (χ2n) is 6.17. The Hall–Kier alpha value is -1.32. The highest BCUT2D eigenvalue weighted by Crippen LogP contribution is 2.31. The number of nitrogens with zero attached hydrogens (tertiary/aromatic N) is 2. The predicted octanol–water partition coefficient (Wildman–Crippen LogP) is 3.63. The Morgan fingerprint density at radius 2 is 1.80 bits per heavy atom. The van der Waals surface area contributed by atoms with E-state index in [0.29, 0.717) is 6.04 Å². The van der Waals surface area contributed by atoms with Crippen LogP contribution >= 0.6 is 0 Å². The number of hydrogen-bond acceptors (Lipinski definition) is 4. The zero-order chi connectivity index (χ0) is 14.7. The molecule has 112 valence electrons. The van der Waals surface area contributed by atoms with Crippen LogP contribution in [-0.2, 0) is 6.42 Å². The lowest BCUT2D eigenvalue weighted by Gasteiger charge is -2.33. The Morgan fingerprint density at radius 1 is 1.10 bits per heavy atom. The van der Waals surface area contributed by atoms with Crippen molar-refractivity contribution in [2.75, 3.05) is 17.7 Å². The summed E-state index contributed by atoms with van der Waals surface area (Å²) in [6, 6.07) is 0.546. The highest BCUT2D eigenvalue weighted by atomic mass is 15.1. The summed E-state index contributed by atoms with van der Waals surface area (Å²) in [7, 11) is 1.92. The van der Waals surface area contributed by atoms with Crippen molar-refractivity contribution < 1.29 is 0 Å². The summed E-state index contributed by atoms with van der Waals surface area (Å²) >= 11 is 0. The molecular weight excluding hydrogens is 248 g/mol. The normalized spacial score (nSPS) is 26.4. The Bertz CT molecular complexity index is 458. The molecule has 1 heterocycles. The first-order valence-electron chi connectivity index (χ1n) is 7.86. The molecule has 0 radical (unpaired) electrons. The summed E-state index contributed by atoms with van der Waals surface area (Å²) in [6.45, 7) is 8.91. The maximum atomic E-state index is 4.68. The van der Waals surface area contributed by atoms with Gasteiger partial charge in [-0.05, 0) is 38.0 Å². The van der Waals surface area contributed by atoms with Gasteiger partial charge < -0.3 is 10.6 Å². The van der Waals surface area contributed by atoms with Crippen LogP contribution in [0.3, 0.4) is 0 Å². The van der Waals surface area contributed by atoms with Crippen LogP contribution < -0.4 is 10.6 Å². The lowest BCUT2D eigenvalue weighted by molar-refractivity contribution is 0.260. The molecule has 1 aromatic heterocycles. The van der Waals surface area contributed by atoms with Gasteiger partial charge in [0.15, 0.2) is 0 Å². The molecule has 2 N–H and O–H groups in total. The van der Waals surface area contributed by atoms with E-state index in [9.17, 15) is 0 Å². The highest BCUT2D eigenvalue weighted by Gasteiger charge is 2.25. The van der Waals surface area contributed by atoms with Crippen molar-refractivity contribution in [1.29, 1.82) is 0 Å². The van der Waals surface area contributed by atoms with E-state index >= 15 is 0 Å². The first kappa shape index (κ1) is 15.1. The van der Waals surface area contributed by atoms with Crippen molar-refractivity contribution in [3.8, 4) is 0 Å². The Labute approximate surface area is 122 Å². The van der Waals surface area contributed by atoms with Gasteiger partial charge in [0.1, 0.15) is 17.5 Å². The van der Waals surface area contributed by atoms with Crippen molar-refractivity contribution in [3.05, 3.63) is 11.4 Å². The van der Waals surface area contributed by atoms with Crippen LogP contribution in [0.15, 0.2) is 0 Å². The molecule has 0 aliphatic heterocycles. The largest absolute Gasteiger partial charge is 0.373 e. The number of rotatable bonds is 4. The molecule has 20 heavy (non-hydrogen) atoms. The van der Waals surface area contributed by atoms with Gasteiger partial charge in [0.25, 0.3) is 0 Å². The molecule has 0 saturated heterocycles. The van der Waals surface area contributed by atoms with Gasteiger partial charge in [-0.2, -0.15) is 0 Å². The first-order valence-corrected chi connectivity index (χ1v) is 7.86. The van der Waals surface area contributed by atoms with Crippen molar-refractivity contribution in [1.82, 2.24) is 9.97 Å². The predicted molar refractivity (Wildman–Crippen MR) is 85.3 cm³/mol. The highest BCUT2D eigenvalue weighted by molar-refractivity contribution is 5.57. The fraction of sp³-hybridized carbons (Fsp3) is 0.750. The lowest BCUT2D eigenvalue weighted by atomic mass is 9.79. The van der Waals surface area contributed by atoms with E-state index in [1.807, 2.05) is 7.05 Å². The topological polar surface area (TPSA) is 49.8 Å². The van der Waals surface area contributed by atoms with Gasteiger partial charge in [0, 0.05) is 25.1 Å². The summed E-state index contributed by atoms with van der Waals surface area (Å²) in [6.07, 6.45) is 4.65. The molecule has 4 nitrogen and oxygen atoms in total. The summed E-state index contributed by atoms with van der Waals surface area (Å²) in [5.41, 5.74) is 1.12. The Kier molecular flexibility index (Phi) is 4.84. The van der Waals surface area contributed by atoms with E-state index in [-0.39, 0.29) is 0 Å². The molecule has 2 rings (SSSR count). The molecule has 4 heteroatoms. The minimum absolute atomic E-state index is 0.546. The third-order valence-electron chi connectivity index (χ3n) is 4.68. The van der Waals surface area contributed by atoms with Crippen LogP contribution in [-0.4, -0.2) is 23.1 Å². The number of aromatic nitrogens is 2. The maximum absolute atomic E-state index is 4.68. The minimum atomic E-state index is 0.546. The Morgan fingerprint density at radius 3 is 2.40 bits per heavy atom. The average molecular weight is 276 g/mol.